The van der Waals surface area contributed by atoms with E-state index < -0.39 is 24.8 Å². The Morgan fingerprint density at radius 2 is 1.52 bits per heavy atom. The van der Waals surface area contributed by atoms with E-state index in [0.29, 0.717) is 11.1 Å². The Balaban J connectivity index is 1.89. The number of hydrogen-bond acceptors (Lipinski definition) is 2. The maximum absolute atomic E-state index is 12.9. The average Bonchev–Trinajstić information content (AvgIpc) is 2.96. The molecule has 3 aromatic rings. The topological polar surface area (TPSA) is 26.5 Å². The minimum Gasteiger partial charge on any atom is -0.484 e. The second kappa shape index (κ2) is 5.98. The molecule has 132 valence electrons. The van der Waals surface area contributed by atoms with Gasteiger partial charge in [-0.1, -0.05) is 18.2 Å². The monoisotopic (exact) mass is 360 g/mol. The summed E-state index contributed by atoms with van der Waals surface area (Å²) in [5, 5.41) is 0. The van der Waals surface area contributed by atoms with E-state index in [0.717, 1.165) is 10.6 Å². The normalized spacial score (nSPS) is 12.6. The number of imidazole rings is 1. The summed E-state index contributed by atoms with van der Waals surface area (Å²) in [5.41, 5.74) is 1.27. The predicted octanol–water partition coefficient (Wildman–Crippen LogP) is 4.96. The zero-order valence-corrected chi connectivity index (χ0v) is 12.4. The molecule has 0 N–H and O–H groups in total. The van der Waals surface area contributed by atoms with Crippen LogP contribution in [0.5, 0.6) is 5.75 Å². The highest BCUT2D eigenvalue weighted by Crippen LogP contribution is 2.30. The Kier molecular flexibility index (Phi) is 4.09. The van der Waals surface area contributed by atoms with Gasteiger partial charge in [0.2, 0.25) is 5.82 Å². The third-order valence-corrected chi connectivity index (χ3v) is 3.37. The van der Waals surface area contributed by atoms with Crippen molar-refractivity contribution < 1.29 is 31.1 Å². The number of aromatic nitrogens is 2. The van der Waals surface area contributed by atoms with Gasteiger partial charge in [0.05, 0.1) is 11.7 Å². The first-order valence-electron chi connectivity index (χ1n) is 6.98. The van der Waals surface area contributed by atoms with Crippen LogP contribution in [0.3, 0.4) is 0 Å². The van der Waals surface area contributed by atoms with Gasteiger partial charge in [-0.3, -0.25) is 4.40 Å². The first kappa shape index (κ1) is 17.1. The van der Waals surface area contributed by atoms with Crippen molar-refractivity contribution in [3.05, 3.63) is 54.6 Å². The predicted molar refractivity (Wildman–Crippen MR) is 77.2 cm³/mol. The van der Waals surface area contributed by atoms with Gasteiger partial charge in [0.1, 0.15) is 5.75 Å². The fourth-order valence-corrected chi connectivity index (χ4v) is 2.28. The Labute approximate surface area is 137 Å². The maximum atomic E-state index is 12.9. The molecule has 0 aliphatic heterocycles. The number of halogens is 6. The molecule has 0 aliphatic carbocycles. The summed E-state index contributed by atoms with van der Waals surface area (Å²) in [6, 6.07) is 8.66. The zero-order valence-electron chi connectivity index (χ0n) is 12.4. The minimum absolute atomic E-state index is 0.0146. The number of hydrogen-bond donors (Lipinski definition) is 0. The van der Waals surface area contributed by atoms with Crippen LogP contribution in [0, 0.1) is 0 Å². The van der Waals surface area contributed by atoms with Crippen molar-refractivity contribution in [2.24, 2.45) is 0 Å². The molecule has 2 aromatic heterocycles. The summed E-state index contributed by atoms with van der Waals surface area (Å²) in [4.78, 5) is 3.37. The van der Waals surface area contributed by atoms with Crippen molar-refractivity contribution in [3.8, 4) is 16.9 Å². The standard InChI is InChI=1S/C16H10F6N2O/c17-15(18,19)9-25-13-5-2-10(3-6-13)11-1-4-12-7-23-14(16(20,21)22)24(12)8-11/h1-8H,9H2. The molecule has 0 amide bonds. The number of benzene rings is 1. The van der Waals surface area contributed by atoms with Crippen LogP contribution in [-0.4, -0.2) is 22.2 Å². The lowest BCUT2D eigenvalue weighted by Crippen LogP contribution is -2.19. The van der Waals surface area contributed by atoms with E-state index in [9.17, 15) is 26.3 Å². The Morgan fingerprint density at radius 1 is 0.880 bits per heavy atom. The van der Waals surface area contributed by atoms with Crippen molar-refractivity contribution in [1.29, 1.82) is 0 Å². The van der Waals surface area contributed by atoms with Crippen molar-refractivity contribution >= 4 is 5.52 Å². The molecule has 9 heteroatoms. The highest BCUT2D eigenvalue weighted by atomic mass is 19.4. The third kappa shape index (κ3) is 3.86. The van der Waals surface area contributed by atoms with Crippen LogP contribution >= 0.6 is 0 Å². The van der Waals surface area contributed by atoms with Crippen LogP contribution < -0.4 is 4.74 Å². The first-order valence-corrected chi connectivity index (χ1v) is 6.98. The van der Waals surface area contributed by atoms with Crippen molar-refractivity contribution in [2.75, 3.05) is 6.61 Å². The van der Waals surface area contributed by atoms with Crippen LogP contribution in [0.2, 0.25) is 0 Å². The van der Waals surface area contributed by atoms with E-state index in [1.165, 1.54) is 36.5 Å². The number of ether oxygens (including phenoxy) is 1. The van der Waals surface area contributed by atoms with E-state index in [4.69, 9.17) is 0 Å². The minimum atomic E-state index is -4.60. The number of pyridine rings is 1. The summed E-state index contributed by atoms with van der Waals surface area (Å²) >= 11 is 0. The molecule has 0 spiro atoms. The van der Waals surface area contributed by atoms with Gasteiger partial charge in [-0.2, -0.15) is 26.3 Å². The van der Waals surface area contributed by atoms with Gasteiger partial charge in [0.25, 0.3) is 0 Å². The Bertz CT molecular complexity index is 880. The van der Waals surface area contributed by atoms with Crippen LogP contribution in [0.1, 0.15) is 5.82 Å². The molecule has 0 aliphatic rings. The quantitative estimate of drug-likeness (QED) is 0.617. The second-order valence-corrected chi connectivity index (χ2v) is 5.22. The molecule has 0 fully saturated rings. The number of rotatable bonds is 3. The lowest BCUT2D eigenvalue weighted by molar-refractivity contribution is -0.153. The van der Waals surface area contributed by atoms with Gasteiger partial charge in [0, 0.05) is 6.20 Å². The third-order valence-electron chi connectivity index (χ3n) is 3.37. The number of nitrogens with zero attached hydrogens (tertiary/aromatic N) is 2. The van der Waals surface area contributed by atoms with E-state index in [-0.39, 0.29) is 11.3 Å². The van der Waals surface area contributed by atoms with Gasteiger partial charge < -0.3 is 4.74 Å². The first-order chi connectivity index (χ1) is 11.6. The average molecular weight is 360 g/mol. The van der Waals surface area contributed by atoms with E-state index in [1.54, 1.807) is 6.07 Å². The van der Waals surface area contributed by atoms with Crippen molar-refractivity contribution in [2.45, 2.75) is 12.4 Å². The molecule has 0 saturated heterocycles. The molecule has 3 nitrogen and oxygen atoms in total. The zero-order chi connectivity index (χ0) is 18.2. The molecule has 0 saturated carbocycles. The Morgan fingerprint density at radius 3 is 2.12 bits per heavy atom. The molecule has 1 aromatic carbocycles. The highest BCUT2D eigenvalue weighted by molar-refractivity contribution is 5.66. The van der Waals surface area contributed by atoms with Gasteiger partial charge in [0.15, 0.2) is 6.61 Å². The largest absolute Gasteiger partial charge is 0.484 e. The molecule has 0 unspecified atom stereocenters. The van der Waals surface area contributed by atoms with E-state index >= 15 is 0 Å². The molecular weight excluding hydrogens is 350 g/mol. The second-order valence-electron chi connectivity index (χ2n) is 5.22. The van der Waals surface area contributed by atoms with Gasteiger partial charge >= 0.3 is 12.4 Å². The summed E-state index contributed by atoms with van der Waals surface area (Å²) in [7, 11) is 0. The van der Waals surface area contributed by atoms with Gasteiger partial charge in [-0.05, 0) is 29.3 Å². The molecule has 3 rings (SSSR count). The van der Waals surface area contributed by atoms with Crippen molar-refractivity contribution in [1.82, 2.24) is 9.38 Å². The van der Waals surface area contributed by atoms with Crippen LogP contribution in [0.4, 0.5) is 26.3 Å². The lowest BCUT2D eigenvalue weighted by atomic mass is 10.1. The van der Waals surface area contributed by atoms with E-state index in [1.807, 2.05) is 0 Å². The molecular formula is C16H10F6N2O. The molecule has 0 bridgehead atoms. The van der Waals surface area contributed by atoms with E-state index in [2.05, 4.69) is 9.72 Å². The summed E-state index contributed by atoms with van der Waals surface area (Å²) < 4.78 is 80.6. The summed E-state index contributed by atoms with van der Waals surface area (Å²) in [5.74, 6) is -1.03. The van der Waals surface area contributed by atoms with Gasteiger partial charge in [-0.15, -0.1) is 0 Å². The maximum Gasteiger partial charge on any atom is 0.450 e. The summed E-state index contributed by atoms with van der Waals surface area (Å²) in [6.07, 6.45) is -6.66. The highest BCUT2D eigenvalue weighted by Gasteiger charge is 2.35. The van der Waals surface area contributed by atoms with Crippen molar-refractivity contribution in [3.63, 3.8) is 0 Å². The molecule has 2 heterocycles. The Hall–Kier alpha value is -2.71. The molecule has 25 heavy (non-hydrogen) atoms. The number of alkyl halides is 6. The SMILES string of the molecule is FC(F)(F)COc1ccc(-c2ccc3cnc(C(F)(F)F)n3c2)cc1. The lowest BCUT2D eigenvalue weighted by Gasteiger charge is -2.10. The smallest absolute Gasteiger partial charge is 0.450 e. The van der Waals surface area contributed by atoms with Crippen LogP contribution in [0.15, 0.2) is 48.8 Å². The fraction of sp³-hybridized carbons (Fsp3) is 0.188. The summed E-state index contributed by atoms with van der Waals surface area (Å²) in [6.45, 7) is -1.41. The fourth-order valence-electron chi connectivity index (χ4n) is 2.28. The van der Waals surface area contributed by atoms with Crippen LogP contribution in [-0.2, 0) is 6.18 Å². The van der Waals surface area contributed by atoms with Gasteiger partial charge in [-0.25, -0.2) is 4.98 Å². The molecule has 0 atom stereocenters. The molecule has 0 radical (unpaired) electrons. The number of fused-ring (bicyclic) bond motifs is 1. The van der Waals surface area contributed by atoms with Crippen LogP contribution in [0.25, 0.3) is 16.6 Å².